The first-order valence-electron chi connectivity index (χ1n) is 3.67. The molecule has 1 atom stereocenters. The van der Waals surface area contributed by atoms with Gasteiger partial charge in [0, 0.05) is 19.0 Å². The van der Waals surface area contributed by atoms with Crippen LogP contribution in [0.15, 0.2) is 0 Å². The highest BCUT2D eigenvalue weighted by atomic mass is 35.5. The number of carbonyl (C=O) groups excluding carboxylic acids is 1. The number of alkyl halides is 2. The van der Waals surface area contributed by atoms with E-state index in [4.69, 9.17) is 11.6 Å². The Morgan fingerprint density at radius 3 is 2.91 bits per heavy atom. The van der Waals surface area contributed by atoms with E-state index in [0.717, 1.165) is 6.42 Å². The van der Waals surface area contributed by atoms with Crippen LogP contribution in [0.3, 0.4) is 0 Å². The second kappa shape index (κ2) is 3.90. The van der Waals surface area contributed by atoms with Gasteiger partial charge in [-0.25, -0.2) is 0 Å². The summed E-state index contributed by atoms with van der Waals surface area (Å²) in [7, 11) is 0. The van der Waals surface area contributed by atoms with Gasteiger partial charge in [0.2, 0.25) is 5.91 Å². The molecular formula is C7H11ClFNO. The smallest absolute Gasteiger partial charge is 0.237 e. The highest BCUT2D eigenvalue weighted by Gasteiger charge is 2.24. The summed E-state index contributed by atoms with van der Waals surface area (Å²) in [6, 6.07) is 0. The van der Waals surface area contributed by atoms with Crippen LogP contribution in [-0.2, 0) is 4.79 Å². The standard InChI is InChI=1S/C7H11ClFNO/c8-3-7(11)10-2-1-6(4-9)5-10/h6H,1-5H2/t6-/m1/s1. The van der Waals surface area contributed by atoms with Gasteiger partial charge in [0.1, 0.15) is 5.88 Å². The van der Waals surface area contributed by atoms with Crippen molar-refractivity contribution in [3.05, 3.63) is 0 Å². The van der Waals surface area contributed by atoms with Gasteiger partial charge in [0.05, 0.1) is 6.67 Å². The van der Waals surface area contributed by atoms with Gasteiger partial charge in [-0.05, 0) is 6.42 Å². The van der Waals surface area contributed by atoms with Crippen LogP contribution in [0.25, 0.3) is 0 Å². The Kier molecular flexibility index (Phi) is 3.12. The normalized spacial score (nSPS) is 24.2. The molecular weight excluding hydrogens is 169 g/mol. The third kappa shape index (κ3) is 2.06. The first-order chi connectivity index (χ1) is 5.27. The first kappa shape index (κ1) is 8.78. The lowest BCUT2D eigenvalue weighted by atomic mass is 10.1. The summed E-state index contributed by atoms with van der Waals surface area (Å²) in [5.74, 6) is -0.0243. The van der Waals surface area contributed by atoms with Crippen LogP contribution in [0.2, 0.25) is 0 Å². The van der Waals surface area contributed by atoms with E-state index in [-0.39, 0.29) is 24.4 Å². The molecule has 64 valence electrons. The van der Waals surface area contributed by atoms with Crippen molar-refractivity contribution in [3.8, 4) is 0 Å². The number of carbonyl (C=O) groups is 1. The molecule has 0 aromatic carbocycles. The zero-order valence-corrected chi connectivity index (χ0v) is 6.98. The molecule has 0 aromatic rings. The van der Waals surface area contributed by atoms with Gasteiger partial charge in [0.25, 0.3) is 0 Å². The van der Waals surface area contributed by atoms with Gasteiger partial charge < -0.3 is 4.90 Å². The fraction of sp³-hybridized carbons (Fsp3) is 0.857. The monoisotopic (exact) mass is 179 g/mol. The average Bonchev–Trinajstić information content (AvgIpc) is 2.50. The van der Waals surface area contributed by atoms with Crippen LogP contribution < -0.4 is 0 Å². The number of nitrogens with zero attached hydrogens (tertiary/aromatic N) is 1. The Morgan fingerprint density at radius 1 is 1.73 bits per heavy atom. The molecule has 11 heavy (non-hydrogen) atoms. The molecule has 1 heterocycles. The van der Waals surface area contributed by atoms with Crippen molar-refractivity contribution in [1.82, 2.24) is 4.90 Å². The summed E-state index contributed by atoms with van der Waals surface area (Å²) in [6.45, 7) is 0.883. The van der Waals surface area contributed by atoms with Crippen LogP contribution >= 0.6 is 11.6 Å². The van der Waals surface area contributed by atoms with E-state index < -0.39 is 0 Å². The summed E-state index contributed by atoms with van der Waals surface area (Å²) < 4.78 is 12.1. The summed E-state index contributed by atoms with van der Waals surface area (Å²) in [4.78, 5) is 12.6. The molecule has 0 aliphatic carbocycles. The topological polar surface area (TPSA) is 20.3 Å². The van der Waals surface area contributed by atoms with E-state index in [1.165, 1.54) is 0 Å². The van der Waals surface area contributed by atoms with Crippen LogP contribution in [0.4, 0.5) is 4.39 Å². The average molecular weight is 180 g/mol. The van der Waals surface area contributed by atoms with Crippen molar-refractivity contribution in [2.24, 2.45) is 5.92 Å². The number of likely N-dealkylation sites (tertiary alicyclic amines) is 1. The summed E-state index contributed by atoms with van der Waals surface area (Å²) in [6.07, 6.45) is 0.777. The van der Waals surface area contributed by atoms with Crippen LogP contribution in [0.5, 0.6) is 0 Å². The molecule has 0 radical (unpaired) electrons. The lowest BCUT2D eigenvalue weighted by Gasteiger charge is -2.13. The SMILES string of the molecule is O=C(CCl)N1CC[C@H](CF)C1. The maximum Gasteiger partial charge on any atom is 0.237 e. The van der Waals surface area contributed by atoms with E-state index in [1.54, 1.807) is 4.90 Å². The second-order valence-corrected chi connectivity index (χ2v) is 3.05. The molecule has 0 bridgehead atoms. The van der Waals surface area contributed by atoms with E-state index in [0.29, 0.717) is 13.1 Å². The van der Waals surface area contributed by atoms with E-state index in [1.807, 2.05) is 0 Å². The fourth-order valence-corrected chi connectivity index (χ4v) is 1.44. The Labute approximate surface area is 70.3 Å². The zero-order valence-electron chi connectivity index (χ0n) is 6.22. The third-order valence-electron chi connectivity index (χ3n) is 1.97. The Bertz CT molecular complexity index is 153. The largest absolute Gasteiger partial charge is 0.341 e. The Balaban J connectivity index is 2.35. The van der Waals surface area contributed by atoms with Gasteiger partial charge in [-0.15, -0.1) is 11.6 Å². The second-order valence-electron chi connectivity index (χ2n) is 2.78. The van der Waals surface area contributed by atoms with Crippen molar-refractivity contribution in [2.75, 3.05) is 25.6 Å². The number of rotatable bonds is 2. The molecule has 2 nitrogen and oxygen atoms in total. The molecule has 1 aliphatic heterocycles. The molecule has 1 amide bonds. The lowest BCUT2D eigenvalue weighted by Crippen LogP contribution is -2.29. The Hall–Kier alpha value is -0.310. The lowest BCUT2D eigenvalue weighted by molar-refractivity contribution is -0.127. The van der Waals surface area contributed by atoms with Crippen molar-refractivity contribution < 1.29 is 9.18 Å². The number of halogens is 2. The van der Waals surface area contributed by atoms with Gasteiger partial charge in [-0.1, -0.05) is 0 Å². The molecule has 4 heteroatoms. The van der Waals surface area contributed by atoms with E-state index in [2.05, 4.69) is 0 Å². The molecule has 0 N–H and O–H groups in total. The number of amides is 1. The summed E-state index contributed by atoms with van der Waals surface area (Å²) in [5.41, 5.74) is 0. The minimum Gasteiger partial charge on any atom is -0.341 e. The minimum atomic E-state index is -0.327. The number of hydrogen-bond donors (Lipinski definition) is 0. The maximum absolute atomic E-state index is 12.1. The minimum absolute atomic E-state index is 0.0129. The molecule has 1 fully saturated rings. The van der Waals surface area contributed by atoms with E-state index in [9.17, 15) is 9.18 Å². The third-order valence-corrected chi connectivity index (χ3v) is 2.20. The van der Waals surface area contributed by atoms with Crippen LogP contribution in [-0.4, -0.2) is 36.5 Å². The van der Waals surface area contributed by atoms with Crippen molar-refractivity contribution >= 4 is 17.5 Å². The molecule has 0 unspecified atom stereocenters. The fourth-order valence-electron chi connectivity index (χ4n) is 1.27. The maximum atomic E-state index is 12.1. The Morgan fingerprint density at radius 2 is 2.45 bits per heavy atom. The van der Waals surface area contributed by atoms with Gasteiger partial charge in [-0.2, -0.15) is 0 Å². The van der Waals surface area contributed by atoms with Gasteiger partial charge in [-0.3, -0.25) is 9.18 Å². The van der Waals surface area contributed by atoms with E-state index >= 15 is 0 Å². The van der Waals surface area contributed by atoms with Crippen molar-refractivity contribution in [2.45, 2.75) is 6.42 Å². The molecule has 1 rings (SSSR count). The van der Waals surface area contributed by atoms with Gasteiger partial charge >= 0.3 is 0 Å². The van der Waals surface area contributed by atoms with Crippen molar-refractivity contribution in [1.29, 1.82) is 0 Å². The molecule has 0 aromatic heterocycles. The summed E-state index contributed by atoms with van der Waals surface area (Å²) >= 11 is 5.34. The number of hydrogen-bond acceptors (Lipinski definition) is 1. The van der Waals surface area contributed by atoms with Crippen molar-refractivity contribution in [3.63, 3.8) is 0 Å². The van der Waals surface area contributed by atoms with Gasteiger partial charge in [0.15, 0.2) is 0 Å². The highest BCUT2D eigenvalue weighted by molar-refractivity contribution is 6.27. The molecule has 1 saturated heterocycles. The van der Waals surface area contributed by atoms with Crippen LogP contribution in [0.1, 0.15) is 6.42 Å². The predicted molar refractivity (Wildman–Crippen MR) is 41.4 cm³/mol. The highest BCUT2D eigenvalue weighted by Crippen LogP contribution is 2.16. The quantitative estimate of drug-likeness (QED) is 0.581. The molecule has 0 saturated carbocycles. The molecule has 0 spiro atoms. The van der Waals surface area contributed by atoms with Crippen LogP contribution in [0, 0.1) is 5.92 Å². The zero-order chi connectivity index (χ0) is 8.27. The first-order valence-corrected chi connectivity index (χ1v) is 4.21. The predicted octanol–water partition coefficient (Wildman–Crippen LogP) is 1.04. The molecule has 1 aliphatic rings. The summed E-state index contributed by atoms with van der Waals surface area (Å²) in [5, 5.41) is 0.